The third kappa shape index (κ3) is 6.74. The summed E-state index contributed by atoms with van der Waals surface area (Å²) in [6, 6.07) is 18.1. The van der Waals surface area contributed by atoms with Crippen LogP contribution in [0, 0.1) is 0 Å². The molecule has 0 radical (unpaired) electrons. The van der Waals surface area contributed by atoms with E-state index in [0.717, 1.165) is 17.0 Å². The average molecular weight is 404 g/mol. The third-order valence-corrected chi connectivity index (χ3v) is 4.37. The van der Waals surface area contributed by atoms with Crippen LogP contribution in [0.3, 0.4) is 0 Å². The summed E-state index contributed by atoms with van der Waals surface area (Å²) < 4.78 is 11.3. The summed E-state index contributed by atoms with van der Waals surface area (Å²) in [7, 11) is 0. The molecule has 0 aliphatic carbocycles. The van der Waals surface area contributed by atoms with Crippen LogP contribution in [0.1, 0.15) is 35.7 Å². The molecule has 0 fully saturated rings. The van der Waals surface area contributed by atoms with Crippen LogP contribution in [0.25, 0.3) is 0 Å². The molecule has 0 saturated carbocycles. The Kier molecular flexibility index (Phi) is 7.55. The van der Waals surface area contributed by atoms with Gasteiger partial charge in [0.1, 0.15) is 18.1 Å². The highest BCUT2D eigenvalue weighted by molar-refractivity contribution is 5.94. The maximum atomic E-state index is 12.1. The summed E-state index contributed by atoms with van der Waals surface area (Å²) in [6.07, 6.45) is 4.40. The zero-order valence-electron chi connectivity index (χ0n) is 16.8. The van der Waals surface area contributed by atoms with Gasteiger partial charge in [0.05, 0.1) is 6.61 Å². The highest BCUT2D eigenvalue weighted by atomic mass is 16.5. The lowest BCUT2D eigenvalue weighted by Crippen LogP contribution is -2.12. The Labute approximate surface area is 175 Å². The molecule has 0 unspecified atom stereocenters. The quantitative estimate of drug-likeness (QED) is 0.393. The number of anilines is 1. The molecular weight excluding hydrogens is 380 g/mol. The SMILES string of the molecule is CC(=O)c1ccc(OCCCC(=O)Nc2ccc(OCc3ccncc3)cc2)cc1. The van der Waals surface area contributed by atoms with Crippen molar-refractivity contribution >= 4 is 17.4 Å². The van der Waals surface area contributed by atoms with Gasteiger partial charge in [0.15, 0.2) is 5.78 Å². The fourth-order valence-corrected chi connectivity index (χ4v) is 2.71. The molecule has 3 rings (SSSR count). The summed E-state index contributed by atoms with van der Waals surface area (Å²) in [4.78, 5) is 27.3. The minimum absolute atomic E-state index is 0.0200. The van der Waals surface area contributed by atoms with Crippen molar-refractivity contribution in [2.24, 2.45) is 0 Å². The Bertz CT molecular complexity index is 955. The van der Waals surface area contributed by atoms with E-state index in [2.05, 4.69) is 10.3 Å². The number of nitrogens with one attached hydrogen (secondary N) is 1. The predicted octanol–water partition coefficient (Wildman–Crippen LogP) is 4.66. The molecule has 1 amide bonds. The van der Waals surface area contributed by atoms with E-state index in [1.54, 1.807) is 36.7 Å². The summed E-state index contributed by atoms with van der Waals surface area (Å²) in [5.41, 5.74) is 2.41. The van der Waals surface area contributed by atoms with Gasteiger partial charge in [0, 0.05) is 30.1 Å². The number of amides is 1. The smallest absolute Gasteiger partial charge is 0.224 e. The molecule has 0 spiro atoms. The van der Waals surface area contributed by atoms with Gasteiger partial charge in [-0.25, -0.2) is 0 Å². The van der Waals surface area contributed by atoms with Crippen LogP contribution in [-0.2, 0) is 11.4 Å². The predicted molar refractivity (Wildman–Crippen MR) is 115 cm³/mol. The second kappa shape index (κ2) is 10.8. The highest BCUT2D eigenvalue weighted by Crippen LogP contribution is 2.17. The standard InChI is InChI=1S/C24H24N2O4/c1-18(27)20-4-8-22(9-5-20)29-16-2-3-24(28)26-21-6-10-23(11-7-21)30-17-19-12-14-25-15-13-19/h4-15H,2-3,16-17H2,1H3,(H,26,28). The molecule has 0 aliphatic heterocycles. The summed E-state index contributed by atoms with van der Waals surface area (Å²) in [5, 5.41) is 2.87. The topological polar surface area (TPSA) is 77.5 Å². The molecule has 1 heterocycles. The number of hydrogen-bond acceptors (Lipinski definition) is 5. The molecule has 6 nitrogen and oxygen atoms in total. The van der Waals surface area contributed by atoms with Gasteiger partial charge in [-0.05, 0) is 79.6 Å². The van der Waals surface area contributed by atoms with E-state index in [4.69, 9.17) is 9.47 Å². The maximum Gasteiger partial charge on any atom is 0.224 e. The normalized spacial score (nSPS) is 10.3. The van der Waals surface area contributed by atoms with Crippen LogP contribution in [0.5, 0.6) is 11.5 Å². The zero-order valence-corrected chi connectivity index (χ0v) is 16.8. The Morgan fingerprint density at radius 2 is 1.50 bits per heavy atom. The van der Waals surface area contributed by atoms with Gasteiger partial charge in [-0.2, -0.15) is 0 Å². The van der Waals surface area contributed by atoms with Crippen molar-refractivity contribution in [1.29, 1.82) is 0 Å². The molecule has 1 aromatic heterocycles. The minimum Gasteiger partial charge on any atom is -0.494 e. The first-order chi connectivity index (χ1) is 14.6. The van der Waals surface area contributed by atoms with E-state index in [1.165, 1.54) is 6.92 Å². The molecule has 0 bridgehead atoms. The summed E-state index contributed by atoms with van der Waals surface area (Å²) in [6.45, 7) is 2.41. The number of pyridine rings is 1. The molecule has 0 saturated heterocycles. The lowest BCUT2D eigenvalue weighted by Gasteiger charge is -2.09. The Morgan fingerprint density at radius 1 is 0.867 bits per heavy atom. The van der Waals surface area contributed by atoms with E-state index in [1.807, 2.05) is 36.4 Å². The largest absolute Gasteiger partial charge is 0.494 e. The van der Waals surface area contributed by atoms with Crippen molar-refractivity contribution in [3.63, 3.8) is 0 Å². The first-order valence-electron chi connectivity index (χ1n) is 9.75. The Balaban J connectivity index is 1.35. The first kappa shape index (κ1) is 21.0. The van der Waals surface area contributed by atoms with Crippen LogP contribution in [-0.4, -0.2) is 23.3 Å². The van der Waals surface area contributed by atoms with Gasteiger partial charge >= 0.3 is 0 Å². The lowest BCUT2D eigenvalue weighted by molar-refractivity contribution is -0.116. The molecule has 30 heavy (non-hydrogen) atoms. The fourth-order valence-electron chi connectivity index (χ4n) is 2.71. The lowest BCUT2D eigenvalue weighted by atomic mass is 10.1. The van der Waals surface area contributed by atoms with Crippen molar-refractivity contribution in [3.8, 4) is 11.5 Å². The Hall–Kier alpha value is -3.67. The van der Waals surface area contributed by atoms with Crippen molar-refractivity contribution in [2.45, 2.75) is 26.4 Å². The Morgan fingerprint density at radius 3 is 2.17 bits per heavy atom. The monoisotopic (exact) mass is 404 g/mol. The molecular formula is C24H24N2O4. The van der Waals surface area contributed by atoms with Crippen LogP contribution >= 0.6 is 0 Å². The van der Waals surface area contributed by atoms with Crippen molar-refractivity contribution < 1.29 is 19.1 Å². The molecule has 154 valence electrons. The van der Waals surface area contributed by atoms with Gasteiger partial charge in [0.2, 0.25) is 5.91 Å². The van der Waals surface area contributed by atoms with E-state index < -0.39 is 0 Å². The van der Waals surface area contributed by atoms with E-state index in [0.29, 0.717) is 37.4 Å². The molecule has 0 aliphatic rings. The van der Waals surface area contributed by atoms with Crippen LogP contribution in [0.4, 0.5) is 5.69 Å². The zero-order chi connectivity index (χ0) is 21.2. The third-order valence-electron chi connectivity index (χ3n) is 4.37. The number of rotatable bonds is 10. The molecule has 6 heteroatoms. The van der Waals surface area contributed by atoms with Crippen molar-refractivity contribution in [3.05, 3.63) is 84.2 Å². The fraction of sp³-hybridized carbons (Fsp3) is 0.208. The van der Waals surface area contributed by atoms with Gasteiger partial charge in [-0.1, -0.05) is 0 Å². The molecule has 3 aromatic rings. The molecule has 2 aromatic carbocycles. The van der Waals surface area contributed by atoms with E-state index in [9.17, 15) is 9.59 Å². The number of aromatic nitrogens is 1. The first-order valence-corrected chi connectivity index (χ1v) is 9.75. The van der Waals surface area contributed by atoms with E-state index in [-0.39, 0.29) is 11.7 Å². The number of carbonyl (C=O) groups is 2. The second-order valence-corrected chi connectivity index (χ2v) is 6.75. The maximum absolute atomic E-state index is 12.1. The van der Waals surface area contributed by atoms with Crippen molar-refractivity contribution in [2.75, 3.05) is 11.9 Å². The van der Waals surface area contributed by atoms with Gasteiger partial charge in [0.25, 0.3) is 0 Å². The van der Waals surface area contributed by atoms with Gasteiger partial charge in [-0.15, -0.1) is 0 Å². The van der Waals surface area contributed by atoms with Gasteiger partial charge < -0.3 is 14.8 Å². The van der Waals surface area contributed by atoms with Crippen molar-refractivity contribution in [1.82, 2.24) is 4.98 Å². The summed E-state index contributed by atoms with van der Waals surface area (Å²) in [5.74, 6) is 1.36. The molecule has 0 atom stereocenters. The van der Waals surface area contributed by atoms with Crippen LogP contribution < -0.4 is 14.8 Å². The summed E-state index contributed by atoms with van der Waals surface area (Å²) >= 11 is 0. The highest BCUT2D eigenvalue weighted by Gasteiger charge is 2.04. The molecule has 1 N–H and O–H groups in total. The number of carbonyl (C=O) groups excluding carboxylic acids is 2. The van der Waals surface area contributed by atoms with Crippen LogP contribution in [0.2, 0.25) is 0 Å². The number of ether oxygens (including phenoxy) is 2. The number of hydrogen-bond donors (Lipinski definition) is 1. The second-order valence-electron chi connectivity index (χ2n) is 6.75. The average Bonchev–Trinajstić information content (AvgIpc) is 2.77. The number of ketones is 1. The van der Waals surface area contributed by atoms with Gasteiger partial charge in [-0.3, -0.25) is 14.6 Å². The number of Topliss-reactive ketones (excluding diaryl/α,β-unsaturated/α-hetero) is 1. The minimum atomic E-state index is -0.0732. The number of nitrogens with zero attached hydrogens (tertiary/aromatic N) is 1. The number of benzene rings is 2. The van der Waals surface area contributed by atoms with E-state index >= 15 is 0 Å². The van der Waals surface area contributed by atoms with Crippen LogP contribution in [0.15, 0.2) is 73.1 Å².